The third-order valence-electron chi connectivity index (χ3n) is 11.3. The molecule has 0 saturated carbocycles. The number of anilines is 2. The Morgan fingerprint density at radius 3 is 1.34 bits per heavy atom. The molecule has 0 radical (unpaired) electrons. The van der Waals surface area contributed by atoms with Crippen LogP contribution in [0.25, 0.3) is 51.2 Å². The number of nitrogens with two attached hydrogens (primary N) is 1. The topological polar surface area (TPSA) is 231 Å². The van der Waals surface area contributed by atoms with Gasteiger partial charge >= 0.3 is 12.1 Å². The van der Waals surface area contributed by atoms with Crippen molar-refractivity contribution in [1.82, 2.24) is 44.3 Å². The van der Waals surface area contributed by atoms with Gasteiger partial charge in [0.2, 0.25) is 6.29 Å². The number of aromatic nitrogens is 9. The van der Waals surface area contributed by atoms with Gasteiger partial charge in [-0.25, -0.2) is 38.6 Å². The molecule has 0 spiro atoms. The van der Waals surface area contributed by atoms with Gasteiger partial charge in [-0.1, -0.05) is 119 Å². The summed E-state index contributed by atoms with van der Waals surface area (Å²) in [6, 6.07) is 50.4. The summed E-state index contributed by atoms with van der Waals surface area (Å²) in [7, 11) is 4.63. The van der Waals surface area contributed by atoms with Crippen LogP contribution in [0.4, 0.5) is 16.2 Å². The van der Waals surface area contributed by atoms with Gasteiger partial charge in [0, 0.05) is 49.4 Å². The van der Waals surface area contributed by atoms with Gasteiger partial charge in [-0.05, 0) is 79.7 Å². The van der Waals surface area contributed by atoms with Crippen LogP contribution >= 0.6 is 0 Å². The van der Waals surface area contributed by atoms with Crippen molar-refractivity contribution in [1.29, 1.82) is 0 Å². The maximum absolute atomic E-state index is 12.5. The van der Waals surface area contributed by atoms with Crippen molar-refractivity contribution in [2.45, 2.75) is 65.3 Å². The van der Waals surface area contributed by atoms with Gasteiger partial charge in [0.05, 0.1) is 28.7 Å². The number of para-hydroxylation sites is 1. The monoisotopic (exact) mass is 1030 g/mol. The van der Waals surface area contributed by atoms with Crippen LogP contribution in [0, 0.1) is 0 Å². The minimum absolute atomic E-state index is 0.247. The van der Waals surface area contributed by atoms with Gasteiger partial charge in [-0.2, -0.15) is 0 Å². The molecule has 19 heteroatoms. The number of methoxy groups -OCH3 is 3. The third-order valence-corrected chi connectivity index (χ3v) is 11.3. The summed E-state index contributed by atoms with van der Waals surface area (Å²) < 4.78 is 32.9. The van der Waals surface area contributed by atoms with Crippen molar-refractivity contribution in [3.05, 3.63) is 188 Å². The molecular formula is C57H63N11O8. The molecule has 6 aromatic carbocycles. The molecule has 1 amide bonds. The zero-order valence-corrected chi connectivity index (χ0v) is 43.6. The number of amides is 1. The second kappa shape index (κ2) is 28.5. The molecule has 0 bridgehead atoms. The SMILES string of the molecule is CC.CC.CO[C@@H]1[C@@H](OC)[C@@H](OC)C(OC(=O)Nc2ccc(-n3cnc(-c4ccccc4)n3)cc2)O[C@H]1C.Nc1ccc(-n2cnc(-c3ccccc3)n2)cc1.O=C(O)c1ccc(-c2ncn(-c3ccccc3)n2)cc1. The minimum Gasteiger partial charge on any atom is -0.478 e. The average Bonchev–Trinajstić information content (AvgIpc) is 4.30. The summed E-state index contributed by atoms with van der Waals surface area (Å²) in [4.78, 5) is 36.3. The van der Waals surface area contributed by atoms with Crippen LogP contribution in [0.5, 0.6) is 0 Å². The van der Waals surface area contributed by atoms with E-state index in [1.807, 2.05) is 162 Å². The van der Waals surface area contributed by atoms with Gasteiger partial charge in [0.25, 0.3) is 0 Å². The molecule has 1 saturated heterocycles. The number of nitrogens with zero attached hydrogens (tertiary/aromatic N) is 9. The molecule has 4 heterocycles. The highest BCUT2D eigenvalue weighted by Gasteiger charge is 2.47. The van der Waals surface area contributed by atoms with Crippen LogP contribution < -0.4 is 11.1 Å². The predicted molar refractivity (Wildman–Crippen MR) is 291 cm³/mol. The van der Waals surface area contributed by atoms with Crippen LogP contribution in [-0.2, 0) is 23.7 Å². The van der Waals surface area contributed by atoms with Crippen LogP contribution in [-0.4, -0.2) is 113 Å². The summed E-state index contributed by atoms with van der Waals surface area (Å²) >= 11 is 0. The molecule has 3 aromatic heterocycles. The van der Waals surface area contributed by atoms with Gasteiger partial charge in [0.15, 0.2) is 17.5 Å². The number of carbonyl (C=O) groups is 2. The molecule has 1 fully saturated rings. The first kappa shape index (κ1) is 56.4. The Labute approximate surface area is 441 Å². The normalized spacial score (nSPS) is 16.3. The van der Waals surface area contributed by atoms with Gasteiger partial charge < -0.3 is 34.5 Å². The minimum atomic E-state index is -0.956. The Hall–Kier alpha value is -8.88. The molecule has 10 rings (SSSR count). The molecular weight excluding hydrogens is 967 g/mol. The van der Waals surface area contributed by atoms with Crippen molar-refractivity contribution in [3.8, 4) is 51.2 Å². The van der Waals surface area contributed by atoms with E-state index < -0.39 is 30.6 Å². The lowest BCUT2D eigenvalue weighted by Crippen LogP contribution is -2.59. The first-order valence-electron chi connectivity index (χ1n) is 24.5. The number of carbonyl (C=O) groups excluding carboxylic acids is 1. The van der Waals surface area contributed by atoms with E-state index in [1.54, 1.807) is 83.6 Å². The number of hydrogen-bond acceptors (Lipinski definition) is 14. The Kier molecular flexibility index (Phi) is 21.2. The van der Waals surface area contributed by atoms with Crippen molar-refractivity contribution in [2.24, 2.45) is 0 Å². The molecule has 76 heavy (non-hydrogen) atoms. The molecule has 394 valence electrons. The Morgan fingerprint density at radius 2 is 0.921 bits per heavy atom. The standard InChI is InChI=1S/C24H28N4O6.C15H11N3O2.C14H12N4.2C2H6/c1-15-19(30-2)20(31-3)21(32-4)23(33-15)34-24(29)26-17-10-12-18(13-11-17)28-14-25-22(27-28)16-8-6-5-7-9-16;19-15(20)12-8-6-11(7-9-12)14-16-10-18(17-14)13-4-2-1-3-5-13;15-12-6-8-13(9-7-12)18-10-16-14(17-18)11-4-2-1-3-5-11;2*1-2/h5-15,19-21,23H,1-4H3,(H,26,29);1-10H,(H,19,20);1-10H,15H2;2*1-2H3/t15-,19-,20+,21+,23?;;;;/m0..../s1. The van der Waals surface area contributed by atoms with E-state index in [2.05, 4.69) is 35.6 Å². The van der Waals surface area contributed by atoms with Gasteiger partial charge in [-0.15, -0.1) is 15.3 Å². The molecule has 4 N–H and O–H groups in total. The van der Waals surface area contributed by atoms with Crippen molar-refractivity contribution in [3.63, 3.8) is 0 Å². The summed E-state index contributed by atoms with van der Waals surface area (Å²) in [6.45, 7) is 9.83. The fraction of sp³-hybridized carbons (Fsp3) is 0.228. The first-order valence-corrected chi connectivity index (χ1v) is 24.5. The maximum atomic E-state index is 12.5. The number of carboxylic acids is 1. The third kappa shape index (κ3) is 14.9. The number of carboxylic acid groups (broad SMARTS) is 1. The predicted octanol–water partition coefficient (Wildman–Crippen LogP) is 10.5. The molecule has 19 nitrogen and oxygen atoms in total. The number of rotatable bonds is 12. The van der Waals surface area contributed by atoms with Crippen molar-refractivity contribution < 1.29 is 38.4 Å². The van der Waals surface area contributed by atoms with E-state index in [1.165, 1.54) is 7.11 Å². The Balaban J connectivity index is 0.000000190. The van der Waals surface area contributed by atoms with E-state index in [0.29, 0.717) is 23.2 Å². The second-order valence-electron chi connectivity index (χ2n) is 16.0. The second-order valence-corrected chi connectivity index (χ2v) is 16.0. The molecule has 9 aromatic rings. The Bertz CT molecular complexity index is 3120. The molecule has 1 aliphatic heterocycles. The highest BCUT2D eigenvalue weighted by molar-refractivity contribution is 5.88. The fourth-order valence-electron chi connectivity index (χ4n) is 7.56. The summed E-state index contributed by atoms with van der Waals surface area (Å²) in [5.41, 5.74) is 12.6. The van der Waals surface area contributed by atoms with E-state index in [4.69, 9.17) is 34.5 Å². The van der Waals surface area contributed by atoms with Crippen molar-refractivity contribution >= 4 is 23.4 Å². The number of nitrogen functional groups attached to an aromatic ring is 1. The number of nitrogens with one attached hydrogen (secondary N) is 1. The fourth-order valence-corrected chi connectivity index (χ4v) is 7.56. The molecule has 0 aliphatic carbocycles. The molecule has 1 aliphatic rings. The summed E-state index contributed by atoms with van der Waals surface area (Å²) in [5, 5.41) is 24.9. The number of aromatic carboxylic acids is 1. The summed E-state index contributed by atoms with van der Waals surface area (Å²) in [6.07, 6.45) is 1.53. The van der Waals surface area contributed by atoms with Crippen LogP contribution in [0.1, 0.15) is 45.0 Å². The lowest BCUT2D eigenvalue weighted by Gasteiger charge is -2.43. The van der Waals surface area contributed by atoms with E-state index >= 15 is 0 Å². The largest absolute Gasteiger partial charge is 0.478 e. The lowest BCUT2D eigenvalue weighted by atomic mass is 9.99. The van der Waals surface area contributed by atoms with Gasteiger partial charge in [-0.3, -0.25) is 5.32 Å². The van der Waals surface area contributed by atoms with Crippen molar-refractivity contribution in [2.75, 3.05) is 32.4 Å². The zero-order chi connectivity index (χ0) is 54.4. The van der Waals surface area contributed by atoms with Crippen LogP contribution in [0.2, 0.25) is 0 Å². The molecule has 5 atom stereocenters. The number of hydrogen-bond donors (Lipinski definition) is 3. The van der Waals surface area contributed by atoms with Crippen LogP contribution in [0.3, 0.4) is 0 Å². The lowest BCUT2D eigenvalue weighted by molar-refractivity contribution is -0.288. The van der Waals surface area contributed by atoms with Gasteiger partial charge in [0.1, 0.15) is 37.3 Å². The van der Waals surface area contributed by atoms with E-state index in [0.717, 1.165) is 39.4 Å². The smallest absolute Gasteiger partial charge is 0.414 e. The zero-order valence-electron chi connectivity index (χ0n) is 43.6. The number of ether oxygens (including phenoxy) is 5. The van der Waals surface area contributed by atoms with Crippen LogP contribution in [0.15, 0.2) is 183 Å². The Morgan fingerprint density at radius 1 is 0.526 bits per heavy atom. The highest BCUT2D eigenvalue weighted by atomic mass is 16.7. The highest BCUT2D eigenvalue weighted by Crippen LogP contribution is 2.28. The molecule has 1 unspecified atom stereocenters. The van der Waals surface area contributed by atoms with E-state index in [9.17, 15) is 9.59 Å². The van der Waals surface area contributed by atoms with E-state index in [-0.39, 0.29) is 17.8 Å². The first-order chi connectivity index (χ1) is 37.1. The quantitative estimate of drug-likeness (QED) is 0.0966. The summed E-state index contributed by atoms with van der Waals surface area (Å²) in [5.74, 6) is 0.961. The number of benzene rings is 6. The average molecular weight is 1030 g/mol. The maximum Gasteiger partial charge on any atom is 0.414 e.